The average molecular weight is 357 g/mol. The molecule has 146 valence electrons. The van der Waals surface area contributed by atoms with Crippen LogP contribution in [-0.4, -0.2) is 76.2 Å². The molecule has 0 bridgehead atoms. The van der Waals surface area contributed by atoms with Crippen LogP contribution in [0, 0.1) is 5.41 Å². The van der Waals surface area contributed by atoms with Gasteiger partial charge in [0, 0.05) is 46.9 Å². The van der Waals surface area contributed by atoms with Gasteiger partial charge < -0.3 is 25.6 Å². The van der Waals surface area contributed by atoms with E-state index in [1.54, 1.807) is 14.1 Å². The van der Waals surface area contributed by atoms with E-state index >= 15 is 0 Å². The molecule has 0 aromatic carbocycles. The molecule has 0 heterocycles. The minimum atomic E-state index is -0.588. The van der Waals surface area contributed by atoms with Crippen LogP contribution >= 0.6 is 0 Å². The number of nitrogens with one attached hydrogen (secondary N) is 3. The third-order valence-electron chi connectivity index (χ3n) is 3.48. The standard InChI is InChI=1S/C17H35N5O3/c1-7-18-15(24)17(3,4)13-21-16(19-10-9-11-25-8-2)20-12-14(23)22(5)6/h7-13H2,1-6H3,(H,18,24)(H2,19,20,21). The lowest BCUT2D eigenvalue weighted by molar-refractivity contribution is -0.129. The topological polar surface area (TPSA) is 95.1 Å². The van der Waals surface area contributed by atoms with Gasteiger partial charge in [-0.1, -0.05) is 0 Å². The molecule has 0 aromatic heterocycles. The quantitative estimate of drug-likeness (QED) is 0.279. The van der Waals surface area contributed by atoms with E-state index in [2.05, 4.69) is 20.9 Å². The van der Waals surface area contributed by atoms with Crippen LogP contribution in [0.4, 0.5) is 0 Å². The second-order valence-corrected chi connectivity index (χ2v) is 6.53. The Bertz CT molecular complexity index is 436. The van der Waals surface area contributed by atoms with Crippen molar-refractivity contribution in [3.63, 3.8) is 0 Å². The monoisotopic (exact) mass is 357 g/mol. The summed E-state index contributed by atoms with van der Waals surface area (Å²) >= 11 is 0. The lowest BCUT2D eigenvalue weighted by Gasteiger charge is -2.25. The highest BCUT2D eigenvalue weighted by molar-refractivity contribution is 5.86. The molecule has 0 aromatic rings. The maximum absolute atomic E-state index is 12.1. The first-order chi connectivity index (χ1) is 11.7. The molecule has 0 saturated carbocycles. The van der Waals surface area contributed by atoms with Gasteiger partial charge in [0.25, 0.3) is 0 Å². The fourth-order valence-electron chi connectivity index (χ4n) is 1.77. The Balaban J connectivity index is 4.68. The zero-order valence-corrected chi connectivity index (χ0v) is 16.6. The molecule has 25 heavy (non-hydrogen) atoms. The molecule has 0 fully saturated rings. The van der Waals surface area contributed by atoms with Gasteiger partial charge in [-0.3, -0.25) is 9.59 Å². The first kappa shape index (κ1) is 23.2. The number of likely N-dealkylation sites (N-methyl/N-ethyl adjacent to an activating group) is 1. The molecular weight excluding hydrogens is 322 g/mol. The Hall–Kier alpha value is -1.83. The Morgan fingerprint density at radius 2 is 1.80 bits per heavy atom. The number of guanidine groups is 1. The smallest absolute Gasteiger partial charge is 0.243 e. The number of ether oxygens (including phenoxy) is 1. The normalized spacial score (nSPS) is 11.8. The van der Waals surface area contributed by atoms with Crippen molar-refractivity contribution in [2.75, 3.05) is 53.5 Å². The summed E-state index contributed by atoms with van der Waals surface area (Å²) < 4.78 is 5.30. The maximum Gasteiger partial charge on any atom is 0.243 e. The minimum absolute atomic E-state index is 0.0254. The largest absolute Gasteiger partial charge is 0.382 e. The van der Waals surface area contributed by atoms with Crippen LogP contribution < -0.4 is 16.0 Å². The van der Waals surface area contributed by atoms with Crippen LogP contribution in [-0.2, 0) is 14.3 Å². The van der Waals surface area contributed by atoms with E-state index < -0.39 is 5.41 Å². The van der Waals surface area contributed by atoms with Crippen LogP contribution in [0.25, 0.3) is 0 Å². The van der Waals surface area contributed by atoms with Gasteiger partial charge in [-0.25, -0.2) is 4.99 Å². The average Bonchev–Trinajstić information content (AvgIpc) is 2.56. The fourth-order valence-corrected chi connectivity index (χ4v) is 1.77. The summed E-state index contributed by atoms with van der Waals surface area (Å²) in [7, 11) is 3.39. The molecule has 0 spiro atoms. The lowest BCUT2D eigenvalue weighted by atomic mass is 9.92. The van der Waals surface area contributed by atoms with Crippen LogP contribution in [0.3, 0.4) is 0 Å². The summed E-state index contributed by atoms with van der Waals surface area (Å²) in [5.74, 6) is 0.407. The summed E-state index contributed by atoms with van der Waals surface area (Å²) in [6.07, 6.45) is 0.829. The van der Waals surface area contributed by atoms with E-state index in [1.807, 2.05) is 27.7 Å². The summed E-state index contributed by atoms with van der Waals surface area (Å²) in [6, 6.07) is 0. The summed E-state index contributed by atoms with van der Waals surface area (Å²) in [5, 5.41) is 9.15. The van der Waals surface area contributed by atoms with Crippen molar-refractivity contribution in [1.82, 2.24) is 20.9 Å². The van der Waals surface area contributed by atoms with E-state index in [1.165, 1.54) is 4.90 Å². The summed E-state index contributed by atoms with van der Waals surface area (Å²) in [6.45, 7) is 10.7. The van der Waals surface area contributed by atoms with E-state index in [0.717, 1.165) is 6.42 Å². The van der Waals surface area contributed by atoms with Gasteiger partial charge >= 0.3 is 0 Å². The predicted octanol–water partition coefficient (Wildman–Crippen LogP) is 0.199. The van der Waals surface area contributed by atoms with Crippen molar-refractivity contribution in [2.45, 2.75) is 34.1 Å². The number of hydrogen-bond acceptors (Lipinski definition) is 4. The number of rotatable bonds is 11. The molecule has 0 unspecified atom stereocenters. The number of nitrogens with zero attached hydrogens (tertiary/aromatic N) is 2. The van der Waals surface area contributed by atoms with E-state index in [9.17, 15) is 9.59 Å². The third kappa shape index (κ3) is 10.6. The van der Waals surface area contributed by atoms with Crippen molar-refractivity contribution >= 4 is 17.8 Å². The van der Waals surface area contributed by atoms with Crippen molar-refractivity contribution in [2.24, 2.45) is 10.4 Å². The molecule has 0 saturated heterocycles. The van der Waals surface area contributed by atoms with Crippen LogP contribution in [0.5, 0.6) is 0 Å². The highest BCUT2D eigenvalue weighted by Gasteiger charge is 2.27. The molecule has 0 aliphatic heterocycles. The van der Waals surface area contributed by atoms with Crippen LogP contribution in [0.1, 0.15) is 34.1 Å². The second kappa shape index (κ2) is 12.5. The Kier molecular flexibility index (Phi) is 11.6. The highest BCUT2D eigenvalue weighted by Crippen LogP contribution is 2.13. The zero-order chi connectivity index (χ0) is 19.3. The van der Waals surface area contributed by atoms with E-state index in [-0.39, 0.29) is 18.4 Å². The first-order valence-corrected chi connectivity index (χ1v) is 8.83. The van der Waals surface area contributed by atoms with Crippen molar-refractivity contribution < 1.29 is 14.3 Å². The van der Waals surface area contributed by atoms with Gasteiger partial charge in [-0.05, 0) is 34.1 Å². The van der Waals surface area contributed by atoms with Crippen molar-refractivity contribution in [3.05, 3.63) is 0 Å². The Labute approximate surface area is 151 Å². The molecular formula is C17H35N5O3. The molecule has 2 amide bonds. The maximum atomic E-state index is 12.1. The SMILES string of the molecule is CCNC(=O)C(C)(C)CNC(=NCC(=O)N(C)C)NCCCOCC. The van der Waals surface area contributed by atoms with Gasteiger partial charge in [0.15, 0.2) is 5.96 Å². The second-order valence-electron chi connectivity index (χ2n) is 6.53. The molecule has 8 nitrogen and oxygen atoms in total. The number of amides is 2. The minimum Gasteiger partial charge on any atom is -0.382 e. The summed E-state index contributed by atoms with van der Waals surface area (Å²) in [5.41, 5.74) is -0.588. The predicted molar refractivity (Wildman–Crippen MR) is 101 cm³/mol. The fraction of sp³-hybridized carbons (Fsp3) is 0.824. The number of carbonyl (C=O) groups excluding carboxylic acids is 2. The van der Waals surface area contributed by atoms with Gasteiger partial charge in [-0.15, -0.1) is 0 Å². The number of carbonyl (C=O) groups is 2. The first-order valence-electron chi connectivity index (χ1n) is 8.83. The lowest BCUT2D eigenvalue weighted by Crippen LogP contribution is -2.48. The molecule has 8 heteroatoms. The van der Waals surface area contributed by atoms with E-state index in [4.69, 9.17) is 4.74 Å². The van der Waals surface area contributed by atoms with Crippen molar-refractivity contribution in [3.8, 4) is 0 Å². The molecule has 0 rings (SSSR count). The number of aliphatic imine (C=N–C) groups is 1. The van der Waals surface area contributed by atoms with Gasteiger partial charge in [0.1, 0.15) is 6.54 Å². The molecule has 0 atom stereocenters. The molecule has 0 aliphatic carbocycles. The molecule has 0 aliphatic rings. The zero-order valence-electron chi connectivity index (χ0n) is 16.6. The molecule has 3 N–H and O–H groups in total. The Morgan fingerprint density at radius 3 is 2.36 bits per heavy atom. The third-order valence-corrected chi connectivity index (χ3v) is 3.48. The molecule has 0 radical (unpaired) electrons. The van der Waals surface area contributed by atoms with Gasteiger partial charge in [0.2, 0.25) is 11.8 Å². The van der Waals surface area contributed by atoms with Gasteiger partial charge in [-0.2, -0.15) is 0 Å². The van der Waals surface area contributed by atoms with Gasteiger partial charge in [0.05, 0.1) is 5.41 Å². The summed E-state index contributed by atoms with van der Waals surface area (Å²) in [4.78, 5) is 29.6. The van der Waals surface area contributed by atoms with Crippen molar-refractivity contribution in [1.29, 1.82) is 0 Å². The Morgan fingerprint density at radius 1 is 1.12 bits per heavy atom. The van der Waals surface area contributed by atoms with Crippen LogP contribution in [0.2, 0.25) is 0 Å². The highest BCUT2D eigenvalue weighted by atomic mass is 16.5. The number of hydrogen-bond donors (Lipinski definition) is 3. The van der Waals surface area contributed by atoms with E-state index in [0.29, 0.717) is 38.8 Å². The van der Waals surface area contributed by atoms with Crippen LogP contribution in [0.15, 0.2) is 4.99 Å².